The number of anilines is 2. The molecular formula is C31H30ClN7O3. The molecule has 10 nitrogen and oxygen atoms in total. The average Bonchev–Trinajstić information content (AvgIpc) is 3.39. The van der Waals surface area contributed by atoms with Crippen LogP contribution in [0.25, 0.3) is 33.3 Å². The number of nitrogens with one attached hydrogen (secondary N) is 1. The molecule has 11 heteroatoms. The summed E-state index contributed by atoms with van der Waals surface area (Å²) in [4.78, 5) is 35.5. The molecule has 0 unspecified atom stereocenters. The Bertz CT molecular complexity index is 1820. The molecule has 0 aliphatic carbocycles. The molecule has 4 heterocycles. The number of carbonyl (C=O) groups is 1. The van der Waals surface area contributed by atoms with Crippen molar-refractivity contribution in [3.05, 3.63) is 88.2 Å². The van der Waals surface area contributed by atoms with Gasteiger partial charge < -0.3 is 20.4 Å². The Hall–Kier alpha value is -4.54. The molecule has 0 saturated carbocycles. The van der Waals surface area contributed by atoms with Gasteiger partial charge in [0.25, 0.3) is 5.91 Å². The summed E-state index contributed by atoms with van der Waals surface area (Å²) in [7, 11) is 0. The Morgan fingerprint density at radius 1 is 1.00 bits per heavy atom. The molecule has 0 radical (unpaired) electrons. The molecule has 5 aromatic rings. The summed E-state index contributed by atoms with van der Waals surface area (Å²) in [5, 5.41) is 8.53. The summed E-state index contributed by atoms with van der Waals surface area (Å²) in [6.45, 7) is 5.27. The molecule has 3 N–H and O–H groups in total. The van der Waals surface area contributed by atoms with Crippen LogP contribution in [0.4, 0.5) is 11.5 Å². The van der Waals surface area contributed by atoms with Gasteiger partial charge in [0.1, 0.15) is 17.8 Å². The van der Waals surface area contributed by atoms with E-state index in [4.69, 9.17) is 22.1 Å². The zero-order chi connectivity index (χ0) is 29.4. The van der Waals surface area contributed by atoms with E-state index in [0.717, 1.165) is 35.0 Å². The number of nitrogens with zero attached hydrogens (tertiary/aromatic N) is 5. The van der Waals surface area contributed by atoms with E-state index in [1.54, 1.807) is 47.3 Å². The molecule has 42 heavy (non-hydrogen) atoms. The minimum atomic E-state index is -0.591. The number of halogens is 1. The van der Waals surface area contributed by atoms with Crippen LogP contribution in [0.3, 0.4) is 0 Å². The highest BCUT2D eigenvalue weighted by Gasteiger charge is 2.23. The number of fused-ring (bicyclic) bond motifs is 1. The molecule has 3 aromatic heterocycles. The van der Waals surface area contributed by atoms with Crippen LogP contribution in [0.15, 0.2) is 72.0 Å². The quantitative estimate of drug-likeness (QED) is 0.260. The molecule has 0 bridgehead atoms. The van der Waals surface area contributed by atoms with E-state index in [9.17, 15) is 9.59 Å². The van der Waals surface area contributed by atoms with Crippen LogP contribution in [0.1, 0.15) is 49.3 Å². The fourth-order valence-corrected chi connectivity index (χ4v) is 5.37. The fourth-order valence-electron chi connectivity index (χ4n) is 5.25. The SMILES string of the molecule is CC(C)n1cc(-c2ccc(Cl)cc2)c(=O)c(C(=O)Nc2ccc(-c3cn(C4CCOCC4)c4ncnc(N)c34)cc2)n1. The molecular weight excluding hydrogens is 554 g/mol. The first-order chi connectivity index (χ1) is 20.3. The summed E-state index contributed by atoms with van der Waals surface area (Å²) < 4.78 is 9.33. The minimum Gasteiger partial charge on any atom is -0.383 e. The number of nitrogen functional groups attached to an aromatic ring is 1. The fraction of sp³-hybridized carbons (Fsp3) is 0.258. The normalized spacial score (nSPS) is 14.0. The van der Waals surface area contributed by atoms with Gasteiger partial charge in [0, 0.05) is 59.5 Å². The largest absolute Gasteiger partial charge is 0.383 e. The topological polar surface area (TPSA) is 130 Å². The molecule has 6 rings (SSSR count). The van der Waals surface area contributed by atoms with Gasteiger partial charge in [-0.15, -0.1) is 0 Å². The van der Waals surface area contributed by atoms with E-state index in [1.807, 2.05) is 26.0 Å². The number of rotatable bonds is 6. The molecule has 1 saturated heterocycles. The Kier molecular flexibility index (Phi) is 7.49. The van der Waals surface area contributed by atoms with Gasteiger partial charge in [0.2, 0.25) is 5.43 Å². The standard InChI is InChI=1S/C31H30ClN7O3/c1-18(2)39-16-25(20-3-7-21(32)8-4-20)28(40)27(37-39)31(41)36-22-9-5-19(6-10-22)24-15-38(23-11-13-42-14-12-23)30-26(24)29(33)34-17-35-30/h3-10,15-18,23H,11-14H2,1-2H3,(H,36,41)(H2,33,34,35). The van der Waals surface area contributed by atoms with Crippen molar-refractivity contribution >= 4 is 40.0 Å². The second kappa shape index (κ2) is 11.4. The summed E-state index contributed by atoms with van der Waals surface area (Å²) in [5.74, 6) is -0.182. The van der Waals surface area contributed by atoms with Crippen LogP contribution in [0.2, 0.25) is 5.02 Å². The zero-order valence-electron chi connectivity index (χ0n) is 23.3. The third-order valence-corrected chi connectivity index (χ3v) is 7.76. The van der Waals surface area contributed by atoms with E-state index in [2.05, 4.69) is 31.1 Å². The van der Waals surface area contributed by atoms with E-state index in [-0.39, 0.29) is 17.8 Å². The van der Waals surface area contributed by atoms with E-state index in [1.165, 1.54) is 6.33 Å². The lowest BCUT2D eigenvalue weighted by Crippen LogP contribution is -2.28. The molecule has 1 aliphatic rings. The molecule has 0 atom stereocenters. The van der Waals surface area contributed by atoms with Crippen molar-refractivity contribution in [2.75, 3.05) is 24.3 Å². The van der Waals surface area contributed by atoms with Gasteiger partial charge in [-0.1, -0.05) is 35.9 Å². The number of aromatic nitrogens is 5. The predicted octanol–water partition coefficient (Wildman–Crippen LogP) is 5.74. The van der Waals surface area contributed by atoms with Crippen molar-refractivity contribution in [3.63, 3.8) is 0 Å². The summed E-state index contributed by atoms with van der Waals surface area (Å²) >= 11 is 6.04. The van der Waals surface area contributed by atoms with E-state index >= 15 is 0 Å². The Balaban J connectivity index is 1.31. The number of hydrogen-bond donors (Lipinski definition) is 2. The Morgan fingerprint density at radius 2 is 1.67 bits per heavy atom. The van der Waals surface area contributed by atoms with Crippen molar-refractivity contribution in [2.45, 2.75) is 38.8 Å². The number of hydrogen-bond acceptors (Lipinski definition) is 7. The van der Waals surface area contributed by atoms with Gasteiger partial charge in [-0.25, -0.2) is 9.97 Å². The van der Waals surface area contributed by atoms with Crippen LogP contribution in [-0.4, -0.2) is 43.4 Å². The van der Waals surface area contributed by atoms with Crippen molar-refractivity contribution in [3.8, 4) is 22.3 Å². The van der Waals surface area contributed by atoms with Gasteiger partial charge in [0.05, 0.1) is 5.39 Å². The van der Waals surface area contributed by atoms with E-state index < -0.39 is 11.3 Å². The molecule has 2 aromatic carbocycles. The van der Waals surface area contributed by atoms with Gasteiger partial charge in [-0.05, 0) is 62.1 Å². The first-order valence-corrected chi connectivity index (χ1v) is 14.2. The number of amides is 1. The first-order valence-electron chi connectivity index (χ1n) is 13.8. The van der Waals surface area contributed by atoms with Gasteiger partial charge in [-0.2, -0.15) is 5.10 Å². The maximum Gasteiger partial charge on any atom is 0.280 e. The van der Waals surface area contributed by atoms with Crippen LogP contribution in [0, 0.1) is 0 Å². The first kappa shape index (κ1) is 27.6. The van der Waals surface area contributed by atoms with Crippen molar-refractivity contribution in [1.29, 1.82) is 0 Å². The smallest absolute Gasteiger partial charge is 0.280 e. The second-order valence-electron chi connectivity index (χ2n) is 10.6. The van der Waals surface area contributed by atoms with Crippen LogP contribution in [-0.2, 0) is 4.74 Å². The minimum absolute atomic E-state index is 0.0674. The zero-order valence-corrected chi connectivity index (χ0v) is 24.0. The van der Waals surface area contributed by atoms with Crippen LogP contribution < -0.4 is 16.5 Å². The van der Waals surface area contributed by atoms with Crippen molar-refractivity contribution < 1.29 is 9.53 Å². The summed E-state index contributed by atoms with van der Waals surface area (Å²) in [6, 6.07) is 14.5. The third-order valence-electron chi connectivity index (χ3n) is 7.51. The lowest BCUT2D eigenvalue weighted by Gasteiger charge is -2.24. The Morgan fingerprint density at radius 3 is 2.36 bits per heavy atom. The summed E-state index contributed by atoms with van der Waals surface area (Å²) in [6.07, 6.45) is 7.00. The lowest BCUT2D eigenvalue weighted by atomic mass is 10.1. The molecule has 0 spiro atoms. The second-order valence-corrected chi connectivity index (χ2v) is 11.0. The number of nitrogens with two attached hydrogens (primary N) is 1. The monoisotopic (exact) mass is 583 g/mol. The van der Waals surface area contributed by atoms with Gasteiger partial charge in [-0.3, -0.25) is 14.3 Å². The van der Waals surface area contributed by atoms with Crippen molar-refractivity contribution in [1.82, 2.24) is 24.3 Å². The molecule has 1 amide bonds. The highest BCUT2D eigenvalue weighted by molar-refractivity contribution is 6.30. The predicted molar refractivity (Wildman–Crippen MR) is 164 cm³/mol. The molecule has 1 fully saturated rings. The van der Waals surface area contributed by atoms with Crippen molar-refractivity contribution in [2.24, 2.45) is 0 Å². The van der Waals surface area contributed by atoms with Gasteiger partial charge >= 0.3 is 0 Å². The van der Waals surface area contributed by atoms with Crippen LogP contribution >= 0.6 is 11.6 Å². The maximum absolute atomic E-state index is 13.4. The average molecular weight is 584 g/mol. The highest BCUT2D eigenvalue weighted by Crippen LogP contribution is 2.36. The number of carbonyl (C=O) groups excluding carboxylic acids is 1. The van der Waals surface area contributed by atoms with E-state index in [0.29, 0.717) is 40.9 Å². The lowest BCUT2D eigenvalue weighted by molar-refractivity contribution is 0.0706. The van der Waals surface area contributed by atoms with Crippen LogP contribution in [0.5, 0.6) is 0 Å². The molecule has 214 valence electrons. The molecule has 1 aliphatic heterocycles. The van der Waals surface area contributed by atoms with Gasteiger partial charge in [0.15, 0.2) is 5.69 Å². The maximum atomic E-state index is 13.4. The highest BCUT2D eigenvalue weighted by atomic mass is 35.5. The Labute approximate surface area is 247 Å². The number of ether oxygens (including phenoxy) is 1. The third kappa shape index (κ3) is 5.26. The number of benzene rings is 2. The summed E-state index contributed by atoms with van der Waals surface area (Å²) in [5.41, 5.74) is 9.81.